The Kier molecular flexibility index (Phi) is 4.59. The molecule has 1 aromatic carbocycles. The fourth-order valence-electron chi connectivity index (χ4n) is 2.72. The van der Waals surface area contributed by atoms with E-state index in [-0.39, 0.29) is 5.54 Å². The molecule has 1 unspecified atom stereocenters. The SMILES string of the molecule is COc1ccc(C)cc1N1CCC(CNC(C)(C)C)C1. The number of rotatable bonds is 4. The van der Waals surface area contributed by atoms with E-state index in [9.17, 15) is 0 Å². The van der Waals surface area contributed by atoms with Gasteiger partial charge in [0.15, 0.2) is 0 Å². The Bertz CT molecular complexity index is 451. The van der Waals surface area contributed by atoms with Gasteiger partial charge in [0, 0.05) is 25.2 Å². The lowest BCUT2D eigenvalue weighted by Gasteiger charge is -2.24. The van der Waals surface area contributed by atoms with Gasteiger partial charge in [-0.25, -0.2) is 0 Å². The summed E-state index contributed by atoms with van der Waals surface area (Å²) in [6, 6.07) is 6.42. The first-order valence-corrected chi connectivity index (χ1v) is 7.53. The predicted octanol–water partition coefficient (Wildman–Crippen LogP) is 3.22. The van der Waals surface area contributed by atoms with E-state index in [0.717, 1.165) is 31.3 Å². The third-order valence-corrected chi connectivity index (χ3v) is 3.88. The number of methoxy groups -OCH3 is 1. The van der Waals surface area contributed by atoms with Gasteiger partial charge in [-0.05, 0) is 57.7 Å². The van der Waals surface area contributed by atoms with Crippen LogP contribution in [0.15, 0.2) is 18.2 Å². The second kappa shape index (κ2) is 6.04. The summed E-state index contributed by atoms with van der Waals surface area (Å²) in [4.78, 5) is 2.46. The number of nitrogens with zero attached hydrogens (tertiary/aromatic N) is 1. The largest absolute Gasteiger partial charge is 0.495 e. The Morgan fingerprint density at radius 3 is 2.75 bits per heavy atom. The summed E-state index contributed by atoms with van der Waals surface area (Å²) in [6.45, 7) is 12.1. The number of nitrogens with one attached hydrogen (secondary N) is 1. The molecule has 0 amide bonds. The lowest BCUT2D eigenvalue weighted by molar-refractivity contribution is 0.383. The Morgan fingerprint density at radius 2 is 2.10 bits per heavy atom. The van der Waals surface area contributed by atoms with Crippen LogP contribution < -0.4 is 15.0 Å². The predicted molar refractivity (Wildman–Crippen MR) is 85.8 cm³/mol. The molecule has 0 spiro atoms. The van der Waals surface area contributed by atoms with Gasteiger partial charge in [-0.3, -0.25) is 0 Å². The van der Waals surface area contributed by atoms with E-state index >= 15 is 0 Å². The highest BCUT2D eigenvalue weighted by atomic mass is 16.5. The first-order chi connectivity index (χ1) is 9.39. The molecule has 1 aliphatic heterocycles. The molecule has 0 aromatic heterocycles. The molecule has 1 heterocycles. The van der Waals surface area contributed by atoms with Gasteiger partial charge in [-0.1, -0.05) is 6.07 Å². The van der Waals surface area contributed by atoms with E-state index in [1.807, 2.05) is 0 Å². The second-order valence-corrected chi connectivity index (χ2v) is 6.91. The molecule has 1 atom stereocenters. The van der Waals surface area contributed by atoms with Crippen molar-refractivity contribution in [3.05, 3.63) is 23.8 Å². The Morgan fingerprint density at radius 1 is 1.35 bits per heavy atom. The number of benzene rings is 1. The van der Waals surface area contributed by atoms with Crippen molar-refractivity contribution in [3.8, 4) is 5.75 Å². The monoisotopic (exact) mass is 276 g/mol. The number of hydrogen-bond acceptors (Lipinski definition) is 3. The molecule has 2 rings (SSSR count). The lowest BCUT2D eigenvalue weighted by Crippen LogP contribution is -2.39. The normalized spacial score (nSPS) is 19.4. The molecule has 0 bridgehead atoms. The van der Waals surface area contributed by atoms with Crippen molar-refractivity contribution in [2.45, 2.75) is 39.7 Å². The Labute approximate surface area is 123 Å². The van der Waals surface area contributed by atoms with Crippen LogP contribution in [-0.4, -0.2) is 32.3 Å². The van der Waals surface area contributed by atoms with Gasteiger partial charge in [0.2, 0.25) is 0 Å². The van der Waals surface area contributed by atoms with E-state index in [0.29, 0.717) is 0 Å². The molecule has 0 saturated carbocycles. The lowest BCUT2D eigenvalue weighted by atomic mass is 10.1. The molecule has 20 heavy (non-hydrogen) atoms. The van der Waals surface area contributed by atoms with Crippen molar-refractivity contribution in [2.75, 3.05) is 31.6 Å². The molecule has 3 heteroatoms. The fraction of sp³-hybridized carbons (Fsp3) is 0.647. The minimum Gasteiger partial charge on any atom is -0.495 e. The highest BCUT2D eigenvalue weighted by Gasteiger charge is 2.25. The van der Waals surface area contributed by atoms with Gasteiger partial charge in [-0.15, -0.1) is 0 Å². The van der Waals surface area contributed by atoms with Gasteiger partial charge in [0.1, 0.15) is 5.75 Å². The molecule has 0 radical (unpaired) electrons. The highest BCUT2D eigenvalue weighted by molar-refractivity contribution is 5.60. The van der Waals surface area contributed by atoms with Gasteiger partial charge < -0.3 is 15.0 Å². The zero-order valence-electron chi connectivity index (χ0n) is 13.5. The van der Waals surface area contributed by atoms with Gasteiger partial charge in [0.05, 0.1) is 12.8 Å². The average molecular weight is 276 g/mol. The van der Waals surface area contributed by atoms with Crippen LogP contribution in [0.4, 0.5) is 5.69 Å². The summed E-state index contributed by atoms with van der Waals surface area (Å²) in [6.07, 6.45) is 1.25. The molecule has 0 aliphatic carbocycles. The highest BCUT2D eigenvalue weighted by Crippen LogP contribution is 2.33. The second-order valence-electron chi connectivity index (χ2n) is 6.91. The van der Waals surface area contributed by atoms with Crippen LogP contribution in [0.1, 0.15) is 32.8 Å². The van der Waals surface area contributed by atoms with Crippen molar-refractivity contribution in [1.82, 2.24) is 5.32 Å². The smallest absolute Gasteiger partial charge is 0.142 e. The Balaban J connectivity index is 2.00. The zero-order valence-corrected chi connectivity index (χ0v) is 13.5. The van der Waals surface area contributed by atoms with Crippen LogP contribution >= 0.6 is 0 Å². The average Bonchev–Trinajstić information content (AvgIpc) is 2.84. The van der Waals surface area contributed by atoms with E-state index < -0.39 is 0 Å². The molecular weight excluding hydrogens is 248 g/mol. The summed E-state index contributed by atoms with van der Waals surface area (Å²) >= 11 is 0. The van der Waals surface area contributed by atoms with Crippen LogP contribution in [0.25, 0.3) is 0 Å². The van der Waals surface area contributed by atoms with Crippen molar-refractivity contribution in [3.63, 3.8) is 0 Å². The Hall–Kier alpha value is -1.22. The first kappa shape index (κ1) is 15.2. The van der Waals surface area contributed by atoms with Gasteiger partial charge in [-0.2, -0.15) is 0 Å². The van der Waals surface area contributed by atoms with Crippen LogP contribution in [0.5, 0.6) is 5.75 Å². The van der Waals surface area contributed by atoms with Gasteiger partial charge >= 0.3 is 0 Å². The summed E-state index contributed by atoms with van der Waals surface area (Å²) in [5, 5.41) is 3.62. The molecule has 112 valence electrons. The van der Waals surface area contributed by atoms with E-state index in [4.69, 9.17) is 4.74 Å². The third-order valence-electron chi connectivity index (χ3n) is 3.88. The third kappa shape index (κ3) is 3.89. The maximum Gasteiger partial charge on any atom is 0.142 e. The summed E-state index contributed by atoms with van der Waals surface area (Å²) in [7, 11) is 1.75. The van der Waals surface area contributed by atoms with Crippen LogP contribution in [0.3, 0.4) is 0 Å². The number of anilines is 1. The number of hydrogen-bond donors (Lipinski definition) is 1. The summed E-state index contributed by atoms with van der Waals surface area (Å²) in [5.74, 6) is 1.71. The minimum absolute atomic E-state index is 0.203. The molecule has 1 fully saturated rings. The molecule has 1 N–H and O–H groups in total. The van der Waals surface area contributed by atoms with E-state index in [1.54, 1.807) is 7.11 Å². The number of aryl methyl sites for hydroxylation is 1. The molecule has 1 aromatic rings. The minimum atomic E-state index is 0.203. The van der Waals surface area contributed by atoms with Crippen molar-refractivity contribution in [1.29, 1.82) is 0 Å². The summed E-state index contributed by atoms with van der Waals surface area (Å²) in [5.41, 5.74) is 2.73. The standard InChI is InChI=1S/C17H28N2O/c1-13-6-7-16(20-5)15(10-13)19-9-8-14(12-19)11-18-17(2,3)4/h6-7,10,14,18H,8-9,11-12H2,1-5H3. The quantitative estimate of drug-likeness (QED) is 0.914. The maximum absolute atomic E-state index is 5.50. The molecule has 1 aliphatic rings. The van der Waals surface area contributed by atoms with Crippen molar-refractivity contribution < 1.29 is 4.74 Å². The van der Waals surface area contributed by atoms with Crippen molar-refractivity contribution in [2.24, 2.45) is 5.92 Å². The van der Waals surface area contributed by atoms with Gasteiger partial charge in [0.25, 0.3) is 0 Å². The van der Waals surface area contributed by atoms with E-state index in [1.165, 1.54) is 17.7 Å². The van der Waals surface area contributed by atoms with Crippen LogP contribution in [0, 0.1) is 12.8 Å². The molecule has 1 saturated heterocycles. The molecular formula is C17H28N2O. The summed E-state index contributed by atoms with van der Waals surface area (Å²) < 4.78 is 5.50. The maximum atomic E-state index is 5.50. The topological polar surface area (TPSA) is 24.5 Å². The first-order valence-electron chi connectivity index (χ1n) is 7.53. The molecule has 3 nitrogen and oxygen atoms in total. The van der Waals surface area contributed by atoms with E-state index in [2.05, 4.69) is 56.1 Å². The fourth-order valence-corrected chi connectivity index (χ4v) is 2.72. The number of ether oxygens (including phenoxy) is 1. The van der Waals surface area contributed by atoms with Crippen LogP contribution in [-0.2, 0) is 0 Å². The van der Waals surface area contributed by atoms with Crippen molar-refractivity contribution >= 4 is 5.69 Å². The van der Waals surface area contributed by atoms with Crippen LogP contribution in [0.2, 0.25) is 0 Å². The zero-order chi connectivity index (χ0) is 14.8.